The lowest BCUT2D eigenvalue weighted by Gasteiger charge is -2.14. The molecule has 0 aliphatic rings. The van der Waals surface area contributed by atoms with Crippen molar-refractivity contribution in [2.24, 2.45) is 0 Å². The van der Waals surface area contributed by atoms with Crippen molar-refractivity contribution < 1.29 is 23.7 Å². The van der Waals surface area contributed by atoms with Gasteiger partial charge in [0.15, 0.2) is 0 Å². The molecular formula is C12H27NO5. The summed E-state index contributed by atoms with van der Waals surface area (Å²) in [6.45, 7) is 5.27. The second kappa shape index (κ2) is 14.8. The van der Waals surface area contributed by atoms with E-state index in [4.69, 9.17) is 23.7 Å². The van der Waals surface area contributed by atoms with Gasteiger partial charge in [-0.3, -0.25) is 0 Å². The molecule has 1 N–H and O–H groups in total. The number of rotatable bonds is 14. The molecular weight excluding hydrogens is 238 g/mol. The van der Waals surface area contributed by atoms with Crippen LogP contribution in [0.25, 0.3) is 0 Å². The molecule has 0 rings (SSSR count). The second-order valence-corrected chi connectivity index (χ2v) is 3.73. The van der Waals surface area contributed by atoms with Crippen molar-refractivity contribution in [3.63, 3.8) is 0 Å². The molecule has 0 amide bonds. The normalized spacial score (nSPS) is 12.8. The summed E-state index contributed by atoms with van der Waals surface area (Å²) < 4.78 is 25.7. The van der Waals surface area contributed by atoms with Crippen LogP contribution in [-0.4, -0.2) is 80.2 Å². The van der Waals surface area contributed by atoms with Crippen LogP contribution in [0.3, 0.4) is 0 Å². The van der Waals surface area contributed by atoms with Crippen LogP contribution < -0.4 is 5.32 Å². The van der Waals surface area contributed by atoms with Gasteiger partial charge in [0.05, 0.1) is 45.7 Å². The maximum atomic E-state index is 5.39. The molecule has 1 unspecified atom stereocenters. The first kappa shape index (κ1) is 17.8. The third kappa shape index (κ3) is 12.2. The van der Waals surface area contributed by atoms with Gasteiger partial charge in [0.1, 0.15) is 0 Å². The van der Waals surface area contributed by atoms with E-state index in [1.807, 2.05) is 0 Å². The van der Waals surface area contributed by atoms with Crippen LogP contribution in [0.4, 0.5) is 0 Å². The van der Waals surface area contributed by atoms with Crippen molar-refractivity contribution in [1.82, 2.24) is 5.32 Å². The van der Waals surface area contributed by atoms with Crippen LogP contribution >= 0.6 is 0 Å². The summed E-state index contributed by atoms with van der Waals surface area (Å²) in [5, 5.41) is 3.24. The Morgan fingerprint density at radius 2 is 1.50 bits per heavy atom. The molecule has 6 nitrogen and oxygen atoms in total. The zero-order valence-electron chi connectivity index (χ0n) is 11.8. The molecule has 0 aromatic heterocycles. The van der Waals surface area contributed by atoms with E-state index in [0.29, 0.717) is 39.6 Å². The minimum atomic E-state index is 0.0902. The molecule has 110 valence electrons. The maximum absolute atomic E-state index is 5.39. The highest BCUT2D eigenvalue weighted by Gasteiger charge is 2.04. The molecule has 0 aliphatic heterocycles. The summed E-state index contributed by atoms with van der Waals surface area (Å²) in [7, 11) is 5.00. The van der Waals surface area contributed by atoms with Crippen molar-refractivity contribution in [3.8, 4) is 0 Å². The van der Waals surface area contributed by atoms with Gasteiger partial charge in [0, 0.05) is 34.4 Å². The van der Waals surface area contributed by atoms with E-state index in [-0.39, 0.29) is 6.10 Å². The van der Waals surface area contributed by atoms with Crippen molar-refractivity contribution in [2.45, 2.75) is 6.10 Å². The molecule has 1 atom stereocenters. The molecule has 0 saturated heterocycles. The molecule has 0 heterocycles. The predicted molar refractivity (Wildman–Crippen MR) is 69.1 cm³/mol. The fourth-order valence-electron chi connectivity index (χ4n) is 1.27. The zero-order valence-corrected chi connectivity index (χ0v) is 11.8. The Morgan fingerprint density at radius 3 is 2.11 bits per heavy atom. The summed E-state index contributed by atoms with van der Waals surface area (Å²) in [5.41, 5.74) is 0. The van der Waals surface area contributed by atoms with Crippen molar-refractivity contribution in [1.29, 1.82) is 0 Å². The topological polar surface area (TPSA) is 58.2 Å². The third-order valence-corrected chi connectivity index (χ3v) is 2.28. The Bertz CT molecular complexity index is 159. The SMILES string of the molecule is COCCOCCOCCNCC(COC)OC. The molecule has 0 spiro atoms. The predicted octanol–water partition coefficient (Wildman–Crippen LogP) is -0.0830. The van der Waals surface area contributed by atoms with Gasteiger partial charge in [-0.25, -0.2) is 0 Å². The first-order valence-electron chi connectivity index (χ1n) is 6.22. The number of hydrogen-bond donors (Lipinski definition) is 1. The van der Waals surface area contributed by atoms with E-state index in [9.17, 15) is 0 Å². The molecule has 0 aromatic rings. The van der Waals surface area contributed by atoms with Gasteiger partial charge in [-0.05, 0) is 0 Å². The summed E-state index contributed by atoms with van der Waals surface area (Å²) in [6.07, 6.45) is 0.0902. The van der Waals surface area contributed by atoms with E-state index < -0.39 is 0 Å². The highest BCUT2D eigenvalue weighted by Crippen LogP contribution is 1.88. The van der Waals surface area contributed by atoms with Crippen LogP contribution in [-0.2, 0) is 23.7 Å². The molecule has 0 bridgehead atoms. The second-order valence-electron chi connectivity index (χ2n) is 3.73. The van der Waals surface area contributed by atoms with E-state index >= 15 is 0 Å². The Labute approximate surface area is 110 Å². The molecule has 0 radical (unpaired) electrons. The average Bonchev–Trinajstić information content (AvgIpc) is 2.39. The Morgan fingerprint density at radius 1 is 0.833 bits per heavy atom. The van der Waals surface area contributed by atoms with E-state index in [1.54, 1.807) is 21.3 Å². The average molecular weight is 265 g/mol. The zero-order chi connectivity index (χ0) is 13.5. The van der Waals surface area contributed by atoms with Crippen LogP contribution in [0.1, 0.15) is 0 Å². The minimum Gasteiger partial charge on any atom is -0.382 e. The molecule has 0 fully saturated rings. The van der Waals surface area contributed by atoms with Crippen LogP contribution in [0.15, 0.2) is 0 Å². The van der Waals surface area contributed by atoms with Crippen LogP contribution in [0.2, 0.25) is 0 Å². The first-order chi connectivity index (χ1) is 8.85. The van der Waals surface area contributed by atoms with E-state index in [1.165, 1.54) is 0 Å². The Hall–Kier alpha value is -0.240. The maximum Gasteiger partial charge on any atom is 0.0928 e. The summed E-state index contributed by atoms with van der Waals surface area (Å²) in [6, 6.07) is 0. The number of ether oxygens (including phenoxy) is 5. The standard InChI is InChI=1S/C12H27NO5/c1-14-6-7-18-9-8-17-5-4-13-10-12(16-3)11-15-2/h12-13H,4-11H2,1-3H3. The molecule has 0 aliphatic carbocycles. The van der Waals surface area contributed by atoms with Crippen LogP contribution in [0.5, 0.6) is 0 Å². The third-order valence-electron chi connectivity index (χ3n) is 2.28. The smallest absolute Gasteiger partial charge is 0.0928 e. The van der Waals surface area contributed by atoms with Gasteiger partial charge in [-0.15, -0.1) is 0 Å². The Kier molecular flexibility index (Phi) is 14.6. The van der Waals surface area contributed by atoms with Gasteiger partial charge in [0.2, 0.25) is 0 Å². The lowest BCUT2D eigenvalue weighted by molar-refractivity contribution is 0.0193. The number of nitrogens with one attached hydrogen (secondary N) is 1. The van der Waals surface area contributed by atoms with Crippen molar-refractivity contribution in [3.05, 3.63) is 0 Å². The lowest BCUT2D eigenvalue weighted by Crippen LogP contribution is -2.33. The van der Waals surface area contributed by atoms with Gasteiger partial charge in [-0.1, -0.05) is 0 Å². The number of methoxy groups -OCH3 is 3. The number of hydrogen-bond acceptors (Lipinski definition) is 6. The van der Waals surface area contributed by atoms with Crippen molar-refractivity contribution in [2.75, 3.05) is 74.1 Å². The van der Waals surface area contributed by atoms with E-state index in [0.717, 1.165) is 13.1 Å². The fraction of sp³-hybridized carbons (Fsp3) is 1.00. The quantitative estimate of drug-likeness (QED) is 0.443. The largest absolute Gasteiger partial charge is 0.382 e. The molecule has 0 saturated carbocycles. The summed E-state index contributed by atoms with van der Waals surface area (Å²) in [4.78, 5) is 0. The van der Waals surface area contributed by atoms with Gasteiger partial charge in [-0.2, -0.15) is 0 Å². The molecule has 18 heavy (non-hydrogen) atoms. The highest BCUT2D eigenvalue weighted by atomic mass is 16.5. The van der Waals surface area contributed by atoms with Gasteiger partial charge >= 0.3 is 0 Å². The monoisotopic (exact) mass is 265 g/mol. The molecule has 6 heteroatoms. The lowest BCUT2D eigenvalue weighted by atomic mass is 10.4. The highest BCUT2D eigenvalue weighted by molar-refractivity contribution is 4.59. The van der Waals surface area contributed by atoms with Gasteiger partial charge < -0.3 is 29.0 Å². The van der Waals surface area contributed by atoms with Crippen LogP contribution in [0, 0.1) is 0 Å². The fourth-order valence-corrected chi connectivity index (χ4v) is 1.27. The van der Waals surface area contributed by atoms with E-state index in [2.05, 4.69) is 5.32 Å². The minimum absolute atomic E-state index is 0.0902. The van der Waals surface area contributed by atoms with Gasteiger partial charge in [0.25, 0.3) is 0 Å². The first-order valence-corrected chi connectivity index (χ1v) is 6.22. The summed E-state index contributed by atoms with van der Waals surface area (Å²) in [5.74, 6) is 0. The van der Waals surface area contributed by atoms with Crippen molar-refractivity contribution >= 4 is 0 Å². The summed E-state index contributed by atoms with van der Waals surface area (Å²) >= 11 is 0. The Balaban J connectivity index is 3.10. The molecule has 0 aromatic carbocycles.